The van der Waals surface area contributed by atoms with Crippen LogP contribution in [0.2, 0.25) is 23.2 Å². The molecule has 0 unspecified atom stereocenters. The summed E-state index contributed by atoms with van der Waals surface area (Å²) in [7, 11) is -1.77. The molecule has 1 rings (SSSR count). The first-order valence-electron chi connectivity index (χ1n) is 8.40. The molecule has 0 aliphatic carbocycles. The molecule has 0 aliphatic rings. The summed E-state index contributed by atoms with van der Waals surface area (Å²) in [5, 5.41) is 4.28. The highest BCUT2D eigenvalue weighted by atomic mass is 35.5. The Bertz CT molecular complexity index is 633. The third-order valence-corrected chi connectivity index (χ3v) is 9.20. The Labute approximate surface area is 156 Å². The molecule has 0 spiro atoms. The maximum absolute atomic E-state index is 12.2. The van der Waals surface area contributed by atoms with Gasteiger partial charge >= 0.3 is 0 Å². The lowest BCUT2D eigenvalue weighted by molar-refractivity contribution is 0.000323. The van der Waals surface area contributed by atoms with Gasteiger partial charge in [-0.1, -0.05) is 32.4 Å². The molecule has 1 aromatic heterocycles. The average Bonchev–Trinajstić information content (AvgIpc) is 2.44. The van der Waals surface area contributed by atoms with Gasteiger partial charge in [-0.2, -0.15) is 5.10 Å². The largest absolute Gasteiger partial charge is 0.464 e. The van der Waals surface area contributed by atoms with E-state index in [1.165, 1.54) is 10.9 Å². The number of nitrogens with zero attached hydrogens (tertiary/aromatic N) is 2. The molecule has 6 nitrogen and oxygen atoms in total. The van der Waals surface area contributed by atoms with Crippen LogP contribution in [0.4, 0.5) is 0 Å². The van der Waals surface area contributed by atoms with E-state index in [1.807, 2.05) is 20.8 Å². The van der Waals surface area contributed by atoms with Gasteiger partial charge in [0.2, 0.25) is 0 Å². The lowest BCUT2D eigenvalue weighted by Gasteiger charge is -2.36. The zero-order chi connectivity index (χ0) is 19.5. The van der Waals surface area contributed by atoms with Gasteiger partial charge < -0.3 is 13.9 Å². The Balaban J connectivity index is 2.48. The summed E-state index contributed by atoms with van der Waals surface area (Å²) in [5.41, 5.74) is -0.829. The molecule has 144 valence electrons. The zero-order valence-electron chi connectivity index (χ0n) is 16.6. The van der Waals surface area contributed by atoms with Gasteiger partial charge in [0.05, 0.1) is 24.9 Å². The molecular weight excluding hydrogens is 360 g/mol. The number of rotatable bonds is 7. The number of hydrogen-bond donors (Lipinski definition) is 0. The van der Waals surface area contributed by atoms with Crippen molar-refractivity contribution in [2.24, 2.45) is 0 Å². The summed E-state index contributed by atoms with van der Waals surface area (Å²) in [6.45, 7) is 17.5. The van der Waals surface area contributed by atoms with Gasteiger partial charge in [0.25, 0.3) is 5.56 Å². The summed E-state index contributed by atoms with van der Waals surface area (Å²) < 4.78 is 18.2. The van der Waals surface area contributed by atoms with E-state index in [0.29, 0.717) is 13.2 Å². The number of aromatic nitrogens is 2. The third-order valence-electron chi connectivity index (χ3n) is 4.32. The van der Waals surface area contributed by atoms with Crippen LogP contribution in [0.3, 0.4) is 0 Å². The van der Waals surface area contributed by atoms with Gasteiger partial charge in [0, 0.05) is 0 Å². The Kier molecular flexibility index (Phi) is 7.27. The second-order valence-corrected chi connectivity index (χ2v) is 13.7. The van der Waals surface area contributed by atoms with Crippen LogP contribution in [-0.2, 0) is 14.7 Å². The maximum Gasteiger partial charge on any atom is 0.289 e. The van der Waals surface area contributed by atoms with Crippen molar-refractivity contribution in [2.75, 3.05) is 20.0 Å². The van der Waals surface area contributed by atoms with Crippen molar-refractivity contribution in [2.45, 2.75) is 65.2 Å². The first-order chi connectivity index (χ1) is 11.3. The van der Waals surface area contributed by atoms with E-state index in [4.69, 9.17) is 25.5 Å². The van der Waals surface area contributed by atoms with Crippen LogP contribution in [0, 0.1) is 0 Å². The van der Waals surface area contributed by atoms with Crippen molar-refractivity contribution in [1.29, 1.82) is 0 Å². The van der Waals surface area contributed by atoms with Gasteiger partial charge in [0.1, 0.15) is 0 Å². The molecule has 8 heteroatoms. The minimum atomic E-state index is -1.77. The first kappa shape index (κ1) is 22.1. The normalized spacial score (nSPS) is 13.2. The Morgan fingerprint density at radius 3 is 2.28 bits per heavy atom. The van der Waals surface area contributed by atoms with Crippen LogP contribution in [0.25, 0.3) is 0 Å². The minimum Gasteiger partial charge on any atom is -0.464 e. The van der Waals surface area contributed by atoms with Crippen LogP contribution in [0.1, 0.15) is 41.5 Å². The molecule has 0 atom stereocenters. The molecule has 0 amide bonds. The van der Waals surface area contributed by atoms with Gasteiger partial charge in [-0.15, -0.1) is 0 Å². The molecule has 25 heavy (non-hydrogen) atoms. The van der Waals surface area contributed by atoms with Crippen molar-refractivity contribution in [3.63, 3.8) is 0 Å². The fourth-order valence-electron chi connectivity index (χ4n) is 1.73. The Hall–Kier alpha value is -0.893. The first-order valence-corrected chi connectivity index (χ1v) is 11.7. The molecular formula is C17H31ClN2O4Si. The van der Waals surface area contributed by atoms with Crippen LogP contribution in [0.15, 0.2) is 11.0 Å². The molecule has 0 aromatic carbocycles. The van der Waals surface area contributed by atoms with E-state index in [0.717, 1.165) is 0 Å². The lowest BCUT2D eigenvalue weighted by Crippen LogP contribution is -2.41. The quantitative estimate of drug-likeness (QED) is 0.399. The number of hydrogen-bond acceptors (Lipinski definition) is 5. The molecule has 0 radical (unpaired) electrons. The fourth-order valence-corrected chi connectivity index (χ4v) is 2.94. The molecule has 0 aliphatic heterocycles. The lowest BCUT2D eigenvalue weighted by atomic mass is 10.1. The van der Waals surface area contributed by atoms with Crippen LogP contribution >= 0.6 is 11.6 Å². The van der Waals surface area contributed by atoms with Crippen molar-refractivity contribution < 1.29 is 13.9 Å². The Morgan fingerprint density at radius 1 is 1.16 bits per heavy atom. The van der Waals surface area contributed by atoms with Crippen molar-refractivity contribution in [1.82, 2.24) is 9.78 Å². The topological polar surface area (TPSA) is 62.6 Å². The van der Waals surface area contributed by atoms with Crippen LogP contribution < -0.4 is 10.3 Å². The Morgan fingerprint density at radius 2 is 1.76 bits per heavy atom. The van der Waals surface area contributed by atoms with E-state index in [9.17, 15) is 4.79 Å². The minimum absolute atomic E-state index is 0.00560. The van der Waals surface area contributed by atoms with Gasteiger partial charge in [-0.25, -0.2) is 4.68 Å². The zero-order valence-corrected chi connectivity index (χ0v) is 18.4. The molecule has 0 saturated heterocycles. The number of halogens is 1. The standard InChI is InChI=1S/C17H31ClN2O4Si/c1-16(2,3)20-15(21)14(18)13(11-19-20)23-12-22-9-10-24-25(7,8)17(4,5)6/h11H,9-10,12H2,1-8H3. The van der Waals surface area contributed by atoms with E-state index < -0.39 is 13.9 Å². The SMILES string of the molecule is CC(C)(C)n1ncc(OCOCCO[Si](C)(C)C(C)(C)C)c(Cl)c1=O. The van der Waals surface area contributed by atoms with Crippen molar-refractivity contribution >= 4 is 19.9 Å². The second-order valence-electron chi connectivity index (χ2n) is 8.49. The summed E-state index contributed by atoms with van der Waals surface area (Å²) in [5.74, 6) is 0.220. The fraction of sp³-hybridized carbons (Fsp3) is 0.765. The van der Waals surface area contributed by atoms with Crippen molar-refractivity contribution in [3.8, 4) is 5.75 Å². The van der Waals surface area contributed by atoms with Gasteiger partial charge in [0.15, 0.2) is 25.9 Å². The second kappa shape index (κ2) is 8.20. The summed E-state index contributed by atoms with van der Waals surface area (Å²) in [6, 6.07) is 0. The van der Waals surface area contributed by atoms with Crippen LogP contribution in [-0.4, -0.2) is 38.1 Å². The monoisotopic (exact) mass is 390 g/mol. The molecule has 1 heterocycles. The summed E-state index contributed by atoms with van der Waals surface area (Å²) in [4.78, 5) is 12.2. The maximum atomic E-state index is 12.2. The summed E-state index contributed by atoms with van der Waals surface area (Å²) in [6.07, 6.45) is 1.43. The van der Waals surface area contributed by atoms with Gasteiger partial charge in [-0.3, -0.25) is 4.79 Å². The smallest absolute Gasteiger partial charge is 0.289 e. The average molecular weight is 391 g/mol. The molecule has 0 N–H and O–H groups in total. The third kappa shape index (κ3) is 6.09. The van der Waals surface area contributed by atoms with Crippen molar-refractivity contribution in [3.05, 3.63) is 21.6 Å². The highest BCUT2D eigenvalue weighted by Crippen LogP contribution is 2.36. The van der Waals surface area contributed by atoms with Crippen LogP contribution in [0.5, 0.6) is 5.75 Å². The van der Waals surface area contributed by atoms with E-state index in [-0.39, 0.29) is 28.2 Å². The van der Waals surface area contributed by atoms with Gasteiger partial charge in [-0.05, 0) is 38.9 Å². The molecule has 0 saturated carbocycles. The summed E-state index contributed by atoms with van der Waals surface area (Å²) >= 11 is 6.08. The number of ether oxygens (including phenoxy) is 2. The highest BCUT2D eigenvalue weighted by Gasteiger charge is 2.36. The predicted molar refractivity (Wildman–Crippen MR) is 103 cm³/mol. The molecule has 0 fully saturated rings. The van der Waals surface area contributed by atoms with E-state index >= 15 is 0 Å². The predicted octanol–water partition coefficient (Wildman–Crippen LogP) is 4.03. The van der Waals surface area contributed by atoms with E-state index in [2.05, 4.69) is 39.0 Å². The highest BCUT2D eigenvalue weighted by molar-refractivity contribution is 6.74. The van der Waals surface area contributed by atoms with E-state index in [1.54, 1.807) is 0 Å². The molecule has 0 bridgehead atoms. The molecule has 1 aromatic rings.